The molecule has 0 heterocycles. The van der Waals surface area contributed by atoms with Crippen LogP contribution in [-0.2, 0) is 32.0 Å². The van der Waals surface area contributed by atoms with Crippen LogP contribution in [0.4, 0.5) is 5.69 Å². The molecule has 2 aromatic carbocycles. The molecule has 0 saturated carbocycles. The van der Waals surface area contributed by atoms with E-state index in [9.17, 15) is 14.4 Å². The predicted molar refractivity (Wildman–Crippen MR) is 98.7 cm³/mol. The fourth-order valence-corrected chi connectivity index (χ4v) is 2.38. The topological polar surface area (TPSA) is 84.5 Å². The summed E-state index contributed by atoms with van der Waals surface area (Å²) in [5.41, 5.74) is 3.52. The van der Waals surface area contributed by atoms with E-state index in [2.05, 4.69) is 15.4 Å². The Hall–Kier alpha value is -3.15. The van der Waals surface area contributed by atoms with Crippen LogP contribution in [0.5, 0.6) is 0 Å². The number of hydrogen-bond donors (Lipinski definition) is 2. The Balaban J connectivity index is 1.85. The number of methoxy groups -OCH3 is 1. The van der Waals surface area contributed by atoms with E-state index in [1.165, 1.54) is 7.11 Å². The number of esters is 1. The fraction of sp³-hybridized carbons (Fsp3) is 0.250. The van der Waals surface area contributed by atoms with Crippen molar-refractivity contribution in [2.75, 3.05) is 19.0 Å². The van der Waals surface area contributed by atoms with E-state index >= 15 is 0 Å². The first-order valence-electron chi connectivity index (χ1n) is 8.24. The molecule has 0 spiro atoms. The van der Waals surface area contributed by atoms with Gasteiger partial charge in [-0.05, 0) is 35.7 Å². The Labute approximate surface area is 152 Å². The lowest BCUT2D eigenvalue weighted by molar-refractivity contribution is -0.141. The minimum Gasteiger partial charge on any atom is -0.468 e. The summed E-state index contributed by atoms with van der Waals surface area (Å²) < 4.78 is 4.46. The normalized spacial score (nSPS) is 10.1. The van der Waals surface area contributed by atoms with Crippen LogP contribution in [0.15, 0.2) is 48.5 Å². The molecule has 2 amide bonds. The highest BCUT2D eigenvalue weighted by Crippen LogP contribution is 2.12. The molecule has 0 fully saturated rings. The highest BCUT2D eigenvalue weighted by molar-refractivity contribution is 5.92. The maximum atomic E-state index is 12.2. The van der Waals surface area contributed by atoms with Crippen molar-refractivity contribution in [3.05, 3.63) is 65.2 Å². The van der Waals surface area contributed by atoms with E-state index in [1.54, 1.807) is 24.3 Å². The van der Waals surface area contributed by atoms with Gasteiger partial charge in [-0.15, -0.1) is 0 Å². The Kier molecular flexibility index (Phi) is 6.91. The van der Waals surface area contributed by atoms with Crippen LogP contribution in [0.1, 0.15) is 16.7 Å². The van der Waals surface area contributed by atoms with E-state index < -0.39 is 5.97 Å². The highest BCUT2D eigenvalue weighted by Gasteiger charge is 2.08. The lowest BCUT2D eigenvalue weighted by Gasteiger charge is -2.08. The molecule has 6 nitrogen and oxygen atoms in total. The molecule has 0 atom stereocenters. The summed E-state index contributed by atoms with van der Waals surface area (Å²) in [5.74, 6) is -0.861. The molecule has 2 rings (SSSR count). The maximum Gasteiger partial charge on any atom is 0.325 e. The molecule has 26 heavy (non-hydrogen) atoms. The first kappa shape index (κ1) is 19.2. The van der Waals surface area contributed by atoms with Crippen LogP contribution >= 0.6 is 0 Å². The minimum atomic E-state index is -0.495. The van der Waals surface area contributed by atoms with Crippen molar-refractivity contribution in [1.82, 2.24) is 5.32 Å². The van der Waals surface area contributed by atoms with Gasteiger partial charge in [0.1, 0.15) is 6.54 Å². The van der Waals surface area contributed by atoms with Crippen LogP contribution in [0.3, 0.4) is 0 Å². The largest absolute Gasteiger partial charge is 0.468 e. The zero-order valence-electron chi connectivity index (χ0n) is 14.9. The number of hydrogen-bond acceptors (Lipinski definition) is 4. The van der Waals surface area contributed by atoms with Gasteiger partial charge in [-0.3, -0.25) is 14.4 Å². The summed E-state index contributed by atoms with van der Waals surface area (Å²) in [4.78, 5) is 34.9. The lowest BCUT2D eigenvalue weighted by Crippen LogP contribution is -2.31. The Morgan fingerprint density at radius 2 is 1.62 bits per heavy atom. The summed E-state index contributed by atoms with van der Waals surface area (Å²) in [6.07, 6.45) is 0.457. The van der Waals surface area contributed by atoms with Crippen molar-refractivity contribution in [3.63, 3.8) is 0 Å². The third-order valence-corrected chi connectivity index (χ3v) is 3.87. The molecule has 2 aromatic rings. The van der Waals surface area contributed by atoms with Crippen molar-refractivity contribution in [2.24, 2.45) is 0 Å². The van der Waals surface area contributed by atoms with Gasteiger partial charge < -0.3 is 15.4 Å². The van der Waals surface area contributed by atoms with Gasteiger partial charge in [-0.1, -0.05) is 36.4 Å². The van der Waals surface area contributed by atoms with E-state index in [1.807, 2.05) is 31.2 Å². The lowest BCUT2D eigenvalue weighted by atomic mass is 10.1. The third-order valence-electron chi connectivity index (χ3n) is 3.87. The summed E-state index contributed by atoms with van der Waals surface area (Å²) in [6, 6.07) is 14.8. The van der Waals surface area contributed by atoms with Crippen LogP contribution < -0.4 is 10.6 Å². The highest BCUT2D eigenvalue weighted by atomic mass is 16.5. The standard InChI is InChI=1S/C20H22N2O4/c1-14-5-3-4-6-16(14)12-19(24)22-17-9-7-15(8-10-17)11-18(23)21-13-20(25)26-2/h3-10H,11-13H2,1-2H3,(H,21,23)(H,22,24). The number of rotatable bonds is 7. The molecular weight excluding hydrogens is 332 g/mol. The quantitative estimate of drug-likeness (QED) is 0.745. The summed E-state index contributed by atoms with van der Waals surface area (Å²) >= 11 is 0. The third kappa shape index (κ3) is 6.05. The summed E-state index contributed by atoms with van der Waals surface area (Å²) in [5, 5.41) is 5.32. The van der Waals surface area contributed by atoms with Gasteiger partial charge in [-0.25, -0.2) is 0 Å². The second-order valence-corrected chi connectivity index (χ2v) is 5.88. The molecule has 6 heteroatoms. The Morgan fingerprint density at radius 3 is 2.27 bits per heavy atom. The van der Waals surface area contributed by atoms with Crippen LogP contribution in [0, 0.1) is 6.92 Å². The van der Waals surface area contributed by atoms with Crippen molar-refractivity contribution in [2.45, 2.75) is 19.8 Å². The minimum absolute atomic E-state index is 0.0946. The van der Waals surface area contributed by atoms with E-state index in [4.69, 9.17) is 0 Å². The molecular formula is C20H22N2O4. The number of aryl methyl sites for hydroxylation is 1. The van der Waals surface area contributed by atoms with Crippen LogP contribution in [-0.4, -0.2) is 31.4 Å². The molecule has 0 aliphatic carbocycles. The number of benzene rings is 2. The van der Waals surface area contributed by atoms with E-state index in [0.717, 1.165) is 16.7 Å². The number of amides is 2. The van der Waals surface area contributed by atoms with Gasteiger partial charge in [0, 0.05) is 5.69 Å². The molecule has 0 radical (unpaired) electrons. The summed E-state index contributed by atoms with van der Waals surface area (Å²) in [6.45, 7) is 1.82. The van der Waals surface area contributed by atoms with Crippen LogP contribution in [0.2, 0.25) is 0 Å². The molecule has 0 saturated heterocycles. The Bertz CT molecular complexity index is 785. The molecule has 0 aliphatic rings. The van der Waals surface area contributed by atoms with Gasteiger partial charge >= 0.3 is 5.97 Å². The molecule has 0 unspecified atom stereocenters. The number of nitrogens with one attached hydrogen (secondary N) is 2. The van der Waals surface area contributed by atoms with Crippen LogP contribution in [0.25, 0.3) is 0 Å². The fourth-order valence-electron chi connectivity index (χ4n) is 2.38. The second-order valence-electron chi connectivity index (χ2n) is 5.88. The van der Waals surface area contributed by atoms with Gasteiger partial charge in [0.05, 0.1) is 20.0 Å². The predicted octanol–water partition coefficient (Wildman–Crippen LogP) is 2.01. The SMILES string of the molecule is COC(=O)CNC(=O)Cc1ccc(NC(=O)Cc2ccccc2C)cc1. The number of anilines is 1. The average molecular weight is 354 g/mol. The zero-order valence-corrected chi connectivity index (χ0v) is 14.9. The molecule has 0 bridgehead atoms. The van der Waals surface area contributed by atoms with Crippen molar-refractivity contribution in [3.8, 4) is 0 Å². The van der Waals surface area contributed by atoms with E-state index in [-0.39, 0.29) is 24.8 Å². The van der Waals surface area contributed by atoms with Gasteiger partial charge in [0.25, 0.3) is 0 Å². The van der Waals surface area contributed by atoms with E-state index in [0.29, 0.717) is 12.1 Å². The van der Waals surface area contributed by atoms with Gasteiger partial charge in [0.15, 0.2) is 0 Å². The Morgan fingerprint density at radius 1 is 0.923 bits per heavy atom. The molecule has 0 aliphatic heterocycles. The number of carbonyl (C=O) groups excluding carboxylic acids is 3. The second kappa shape index (κ2) is 9.36. The van der Waals surface area contributed by atoms with Crippen molar-refractivity contribution < 1.29 is 19.1 Å². The maximum absolute atomic E-state index is 12.2. The zero-order chi connectivity index (χ0) is 18.9. The van der Waals surface area contributed by atoms with Crippen molar-refractivity contribution >= 4 is 23.5 Å². The molecule has 2 N–H and O–H groups in total. The van der Waals surface area contributed by atoms with Gasteiger partial charge in [-0.2, -0.15) is 0 Å². The first-order valence-corrected chi connectivity index (χ1v) is 8.24. The number of carbonyl (C=O) groups is 3. The average Bonchev–Trinajstić information content (AvgIpc) is 2.63. The monoisotopic (exact) mass is 354 g/mol. The summed E-state index contributed by atoms with van der Waals surface area (Å²) in [7, 11) is 1.26. The van der Waals surface area contributed by atoms with Gasteiger partial charge in [0.2, 0.25) is 11.8 Å². The van der Waals surface area contributed by atoms with Crippen molar-refractivity contribution in [1.29, 1.82) is 0 Å². The smallest absolute Gasteiger partial charge is 0.325 e. The first-order chi connectivity index (χ1) is 12.5. The molecule has 136 valence electrons. The molecule has 0 aromatic heterocycles. The number of ether oxygens (including phenoxy) is 1.